The van der Waals surface area contributed by atoms with Crippen molar-refractivity contribution >= 4 is 5.97 Å². The third-order valence-electron chi connectivity index (χ3n) is 3.41. The van der Waals surface area contributed by atoms with E-state index in [-0.39, 0.29) is 5.56 Å². The minimum atomic E-state index is -0.939. The average Bonchev–Trinajstić information content (AvgIpc) is 2.84. The van der Waals surface area contributed by atoms with E-state index in [4.69, 9.17) is 5.11 Å². The molecule has 0 saturated heterocycles. The third kappa shape index (κ3) is 2.13. The van der Waals surface area contributed by atoms with Crippen molar-refractivity contribution < 1.29 is 15.0 Å². The molecule has 1 atom stereocenters. The van der Waals surface area contributed by atoms with E-state index >= 15 is 0 Å². The van der Waals surface area contributed by atoms with Gasteiger partial charge in [-0.2, -0.15) is 0 Å². The number of carboxylic acids is 1. The summed E-state index contributed by atoms with van der Waals surface area (Å²) in [5.74, 6) is -0.241. The lowest BCUT2D eigenvalue weighted by molar-refractivity contribution is 0.0697. The molecule has 2 N–H and O–H groups in total. The van der Waals surface area contributed by atoms with Crippen LogP contribution in [0.2, 0.25) is 0 Å². The first-order chi connectivity index (χ1) is 9.15. The first-order valence-electron chi connectivity index (χ1n) is 6.24. The summed E-state index contributed by atoms with van der Waals surface area (Å²) in [4.78, 5) is 15.2. The molecule has 1 unspecified atom stereocenters. The van der Waals surface area contributed by atoms with Crippen LogP contribution in [0.5, 0.6) is 0 Å². The summed E-state index contributed by atoms with van der Waals surface area (Å²) in [5, 5.41) is 18.7. The van der Waals surface area contributed by atoms with Crippen LogP contribution in [-0.2, 0) is 6.54 Å². The molecule has 0 bridgehead atoms. The number of aliphatic hydroxyl groups is 1. The number of aromatic nitrogens is 2. The number of carbonyl (C=O) groups is 1. The lowest BCUT2D eigenvalue weighted by Gasteiger charge is -2.18. The van der Waals surface area contributed by atoms with Gasteiger partial charge in [0.15, 0.2) is 0 Å². The summed E-state index contributed by atoms with van der Waals surface area (Å²) in [6.07, 6.45) is 3.10. The summed E-state index contributed by atoms with van der Waals surface area (Å²) >= 11 is 0. The Morgan fingerprint density at radius 3 is 2.68 bits per heavy atom. The highest BCUT2D eigenvalue weighted by Gasteiger charge is 2.21. The van der Waals surface area contributed by atoms with E-state index in [1.165, 1.54) is 0 Å². The van der Waals surface area contributed by atoms with Crippen molar-refractivity contribution in [2.75, 3.05) is 0 Å². The van der Waals surface area contributed by atoms with Crippen molar-refractivity contribution in [3.63, 3.8) is 0 Å². The Balaban J connectivity index is 1.96. The highest BCUT2D eigenvalue weighted by atomic mass is 16.4. The molecule has 1 aliphatic rings. The second-order valence-corrected chi connectivity index (χ2v) is 4.72. The van der Waals surface area contributed by atoms with Crippen molar-refractivity contribution in [3.8, 4) is 11.3 Å². The zero-order valence-electron chi connectivity index (χ0n) is 10.3. The molecule has 2 heterocycles. The minimum absolute atomic E-state index is 0.257. The Morgan fingerprint density at radius 1 is 1.32 bits per heavy atom. The number of benzene rings is 1. The fourth-order valence-corrected chi connectivity index (χ4v) is 2.38. The number of hydrogen-bond acceptors (Lipinski definition) is 3. The van der Waals surface area contributed by atoms with Crippen molar-refractivity contribution in [1.29, 1.82) is 0 Å². The van der Waals surface area contributed by atoms with Crippen molar-refractivity contribution in [2.24, 2.45) is 0 Å². The zero-order valence-corrected chi connectivity index (χ0v) is 10.3. The van der Waals surface area contributed by atoms with Crippen LogP contribution in [0, 0.1) is 0 Å². The summed E-state index contributed by atoms with van der Waals surface area (Å²) in [5.41, 5.74) is 1.89. The fraction of sp³-hybridized carbons (Fsp3) is 0.286. The summed E-state index contributed by atoms with van der Waals surface area (Å²) in [6.45, 7) is 0.868. The molecule has 0 spiro atoms. The number of aliphatic hydroxyl groups excluding tert-OH is 1. The normalized spacial score (nSPS) is 18.1. The summed E-state index contributed by atoms with van der Waals surface area (Å²) in [7, 11) is 0. The monoisotopic (exact) mass is 258 g/mol. The van der Waals surface area contributed by atoms with Gasteiger partial charge in [0.2, 0.25) is 0 Å². The predicted molar refractivity (Wildman–Crippen MR) is 68.8 cm³/mol. The van der Waals surface area contributed by atoms with E-state index < -0.39 is 12.1 Å². The Hall–Kier alpha value is -2.14. The quantitative estimate of drug-likeness (QED) is 0.864. The highest BCUT2D eigenvalue weighted by molar-refractivity contribution is 5.88. The highest BCUT2D eigenvalue weighted by Crippen LogP contribution is 2.28. The van der Waals surface area contributed by atoms with Gasteiger partial charge in [-0.25, -0.2) is 9.78 Å². The molecule has 2 aromatic rings. The van der Waals surface area contributed by atoms with Gasteiger partial charge in [-0.3, -0.25) is 0 Å². The SMILES string of the molecule is O=C(O)c1ccc(-c2cn3c(n2)C(O)CCC3)cc1. The molecule has 0 fully saturated rings. The Labute approximate surface area is 110 Å². The smallest absolute Gasteiger partial charge is 0.335 e. The van der Waals surface area contributed by atoms with E-state index in [0.717, 1.165) is 30.6 Å². The number of aromatic carboxylic acids is 1. The lowest BCUT2D eigenvalue weighted by Crippen LogP contribution is -2.14. The summed E-state index contributed by atoms with van der Waals surface area (Å²) in [6, 6.07) is 6.60. The number of rotatable bonds is 2. The first kappa shape index (κ1) is 11.9. The Morgan fingerprint density at radius 2 is 2.05 bits per heavy atom. The van der Waals surface area contributed by atoms with Crippen LogP contribution in [0.3, 0.4) is 0 Å². The number of hydrogen-bond donors (Lipinski definition) is 2. The van der Waals surface area contributed by atoms with Crippen LogP contribution in [-0.4, -0.2) is 25.7 Å². The second-order valence-electron chi connectivity index (χ2n) is 4.72. The standard InChI is InChI=1S/C14H14N2O3/c17-12-2-1-7-16-8-11(15-13(12)16)9-3-5-10(6-4-9)14(18)19/h3-6,8,12,17H,1-2,7H2,(H,18,19). The Bertz CT molecular complexity index is 616. The van der Waals surface area contributed by atoms with Crippen LogP contribution in [0.25, 0.3) is 11.3 Å². The van der Waals surface area contributed by atoms with Crippen LogP contribution < -0.4 is 0 Å². The zero-order chi connectivity index (χ0) is 13.4. The number of carboxylic acid groups (broad SMARTS) is 1. The molecule has 0 aliphatic carbocycles. The van der Waals surface area contributed by atoms with Gasteiger partial charge in [0.05, 0.1) is 11.3 Å². The molecule has 3 rings (SSSR count). The maximum Gasteiger partial charge on any atom is 0.335 e. The molecule has 0 radical (unpaired) electrons. The van der Waals surface area contributed by atoms with E-state index in [0.29, 0.717) is 5.82 Å². The molecule has 1 aliphatic heterocycles. The van der Waals surface area contributed by atoms with Crippen LogP contribution in [0.1, 0.15) is 35.1 Å². The first-order valence-corrected chi connectivity index (χ1v) is 6.24. The van der Waals surface area contributed by atoms with E-state index in [1.54, 1.807) is 24.3 Å². The van der Waals surface area contributed by atoms with Gasteiger partial charge < -0.3 is 14.8 Å². The van der Waals surface area contributed by atoms with Crippen LogP contribution in [0.4, 0.5) is 0 Å². The van der Waals surface area contributed by atoms with Crippen LogP contribution in [0.15, 0.2) is 30.5 Å². The molecule has 1 aromatic carbocycles. The average molecular weight is 258 g/mol. The van der Waals surface area contributed by atoms with Gasteiger partial charge in [0, 0.05) is 18.3 Å². The van der Waals surface area contributed by atoms with Crippen LogP contribution >= 0.6 is 0 Å². The van der Waals surface area contributed by atoms with Crippen molar-refractivity contribution in [3.05, 3.63) is 41.9 Å². The molecule has 1 aromatic heterocycles. The lowest BCUT2D eigenvalue weighted by atomic mass is 10.1. The number of fused-ring (bicyclic) bond motifs is 1. The third-order valence-corrected chi connectivity index (χ3v) is 3.41. The van der Waals surface area contributed by atoms with Gasteiger partial charge in [-0.1, -0.05) is 12.1 Å². The topological polar surface area (TPSA) is 75.3 Å². The Kier molecular flexibility index (Phi) is 2.83. The molecule has 0 saturated carbocycles. The second kappa shape index (κ2) is 4.51. The van der Waals surface area contributed by atoms with Gasteiger partial charge in [-0.15, -0.1) is 0 Å². The molecular weight excluding hydrogens is 244 g/mol. The maximum absolute atomic E-state index is 10.8. The van der Waals surface area contributed by atoms with E-state index in [2.05, 4.69) is 4.98 Å². The number of nitrogens with zero attached hydrogens (tertiary/aromatic N) is 2. The van der Waals surface area contributed by atoms with E-state index in [1.807, 2.05) is 10.8 Å². The minimum Gasteiger partial charge on any atom is -0.478 e. The van der Waals surface area contributed by atoms with Gasteiger partial charge in [0.1, 0.15) is 11.9 Å². The number of aryl methyl sites for hydroxylation is 1. The predicted octanol–water partition coefficient (Wildman–Crippen LogP) is 2.08. The molecule has 5 heteroatoms. The summed E-state index contributed by atoms with van der Waals surface area (Å²) < 4.78 is 1.97. The van der Waals surface area contributed by atoms with E-state index in [9.17, 15) is 9.90 Å². The van der Waals surface area contributed by atoms with Gasteiger partial charge in [0.25, 0.3) is 0 Å². The van der Waals surface area contributed by atoms with Crippen molar-refractivity contribution in [2.45, 2.75) is 25.5 Å². The molecule has 98 valence electrons. The number of imidazole rings is 1. The van der Waals surface area contributed by atoms with Gasteiger partial charge >= 0.3 is 5.97 Å². The molecule has 5 nitrogen and oxygen atoms in total. The molecule has 19 heavy (non-hydrogen) atoms. The van der Waals surface area contributed by atoms with Gasteiger partial charge in [-0.05, 0) is 25.0 Å². The largest absolute Gasteiger partial charge is 0.478 e. The van der Waals surface area contributed by atoms with Crippen molar-refractivity contribution in [1.82, 2.24) is 9.55 Å². The fourth-order valence-electron chi connectivity index (χ4n) is 2.38. The molecule has 0 amide bonds. The maximum atomic E-state index is 10.8. The molecular formula is C14H14N2O3.